The molecule has 0 aromatic heterocycles. The molecular formula is C15H28F3N3. The van der Waals surface area contributed by atoms with Gasteiger partial charge in [-0.2, -0.15) is 13.2 Å². The molecule has 2 aliphatic rings. The standard InChI is InChI=1S/C15H28F3N3/c1-20-8-10-21(11-9-20)7-3-6-19-14-5-2-4-13(12-14)15(16,17)18/h13-14,19H,2-12H2,1H3. The zero-order valence-electron chi connectivity index (χ0n) is 13.0. The Morgan fingerprint density at radius 1 is 1.10 bits per heavy atom. The fourth-order valence-corrected chi connectivity index (χ4v) is 3.35. The van der Waals surface area contributed by atoms with Crippen LogP contribution >= 0.6 is 0 Å². The van der Waals surface area contributed by atoms with Crippen molar-refractivity contribution in [3.8, 4) is 0 Å². The van der Waals surface area contributed by atoms with E-state index in [1.54, 1.807) is 0 Å². The van der Waals surface area contributed by atoms with Gasteiger partial charge in [0.2, 0.25) is 0 Å². The van der Waals surface area contributed by atoms with Crippen molar-refractivity contribution in [2.24, 2.45) is 5.92 Å². The molecule has 6 heteroatoms. The predicted molar refractivity (Wildman–Crippen MR) is 78.4 cm³/mol. The number of hydrogen-bond donors (Lipinski definition) is 1. The summed E-state index contributed by atoms with van der Waals surface area (Å²) >= 11 is 0. The number of halogens is 3. The maximum atomic E-state index is 12.7. The van der Waals surface area contributed by atoms with Gasteiger partial charge in [-0.1, -0.05) is 6.42 Å². The average molecular weight is 307 g/mol. The van der Waals surface area contributed by atoms with Gasteiger partial charge >= 0.3 is 6.18 Å². The lowest BCUT2D eigenvalue weighted by Crippen LogP contribution is -2.45. The molecule has 0 bridgehead atoms. The molecule has 1 heterocycles. The number of nitrogens with one attached hydrogen (secondary N) is 1. The summed E-state index contributed by atoms with van der Waals surface area (Å²) in [5.74, 6) is -1.10. The molecule has 1 aliphatic carbocycles. The largest absolute Gasteiger partial charge is 0.391 e. The van der Waals surface area contributed by atoms with Crippen molar-refractivity contribution in [2.75, 3.05) is 46.3 Å². The zero-order valence-corrected chi connectivity index (χ0v) is 13.0. The number of alkyl halides is 3. The second-order valence-electron chi connectivity index (χ2n) is 6.55. The number of hydrogen-bond acceptors (Lipinski definition) is 3. The summed E-state index contributed by atoms with van der Waals surface area (Å²) in [6.07, 6.45) is -0.834. The minimum atomic E-state index is -4.01. The Balaban J connectivity index is 1.58. The zero-order chi connectivity index (χ0) is 15.3. The average Bonchev–Trinajstić information content (AvgIpc) is 2.45. The van der Waals surface area contributed by atoms with Crippen LogP contribution in [0.2, 0.25) is 0 Å². The van der Waals surface area contributed by atoms with E-state index >= 15 is 0 Å². The minimum Gasteiger partial charge on any atom is -0.314 e. The van der Waals surface area contributed by atoms with Gasteiger partial charge in [-0.05, 0) is 45.8 Å². The summed E-state index contributed by atoms with van der Waals surface area (Å²) in [5.41, 5.74) is 0. The lowest BCUT2D eigenvalue weighted by Gasteiger charge is -2.33. The van der Waals surface area contributed by atoms with Crippen LogP contribution in [0.3, 0.4) is 0 Å². The maximum Gasteiger partial charge on any atom is 0.391 e. The van der Waals surface area contributed by atoms with Gasteiger partial charge in [0.25, 0.3) is 0 Å². The molecule has 0 aromatic carbocycles. The van der Waals surface area contributed by atoms with E-state index in [9.17, 15) is 13.2 Å². The maximum absolute atomic E-state index is 12.7. The van der Waals surface area contributed by atoms with Crippen LogP contribution in [-0.4, -0.2) is 68.3 Å². The Bertz CT molecular complexity index is 301. The van der Waals surface area contributed by atoms with Gasteiger partial charge < -0.3 is 15.1 Å². The molecule has 21 heavy (non-hydrogen) atoms. The van der Waals surface area contributed by atoms with Crippen LogP contribution in [0.25, 0.3) is 0 Å². The Kier molecular flexibility index (Phi) is 6.32. The summed E-state index contributed by atoms with van der Waals surface area (Å²) in [6, 6.07) is 0.0536. The fourth-order valence-electron chi connectivity index (χ4n) is 3.35. The summed E-state index contributed by atoms with van der Waals surface area (Å²) in [6.45, 7) is 6.33. The first kappa shape index (κ1) is 17.0. The molecule has 3 nitrogen and oxygen atoms in total. The number of nitrogens with zero attached hydrogens (tertiary/aromatic N) is 2. The van der Waals surface area contributed by atoms with E-state index in [4.69, 9.17) is 0 Å². The third-order valence-electron chi connectivity index (χ3n) is 4.82. The smallest absolute Gasteiger partial charge is 0.314 e. The molecule has 2 rings (SSSR count). The highest BCUT2D eigenvalue weighted by molar-refractivity contribution is 4.81. The topological polar surface area (TPSA) is 18.5 Å². The normalized spacial score (nSPS) is 29.7. The Morgan fingerprint density at radius 3 is 2.48 bits per heavy atom. The molecule has 1 aliphatic heterocycles. The quantitative estimate of drug-likeness (QED) is 0.787. The van der Waals surface area contributed by atoms with Gasteiger partial charge in [-0.15, -0.1) is 0 Å². The highest BCUT2D eigenvalue weighted by Crippen LogP contribution is 2.37. The van der Waals surface area contributed by atoms with Gasteiger partial charge in [-0.3, -0.25) is 0 Å². The van der Waals surface area contributed by atoms with Crippen molar-refractivity contribution in [3.63, 3.8) is 0 Å². The second-order valence-corrected chi connectivity index (χ2v) is 6.55. The van der Waals surface area contributed by atoms with Crippen LogP contribution in [0.5, 0.6) is 0 Å². The second kappa shape index (κ2) is 7.79. The first-order valence-electron chi connectivity index (χ1n) is 8.16. The van der Waals surface area contributed by atoms with Crippen LogP contribution in [-0.2, 0) is 0 Å². The first-order chi connectivity index (χ1) is 9.95. The van der Waals surface area contributed by atoms with Crippen LogP contribution < -0.4 is 5.32 Å². The number of rotatable bonds is 5. The van der Waals surface area contributed by atoms with Gasteiger partial charge in [0.05, 0.1) is 5.92 Å². The Labute approximate surface area is 125 Å². The molecule has 2 atom stereocenters. The van der Waals surface area contributed by atoms with Crippen LogP contribution in [0.15, 0.2) is 0 Å². The monoisotopic (exact) mass is 307 g/mol. The van der Waals surface area contributed by atoms with Gasteiger partial charge in [0.1, 0.15) is 0 Å². The molecule has 1 saturated heterocycles. The van der Waals surface area contributed by atoms with Crippen molar-refractivity contribution in [1.82, 2.24) is 15.1 Å². The first-order valence-corrected chi connectivity index (χ1v) is 8.16. The molecule has 2 fully saturated rings. The summed E-state index contributed by atoms with van der Waals surface area (Å²) in [5, 5.41) is 3.33. The minimum absolute atomic E-state index is 0.0536. The Morgan fingerprint density at radius 2 is 1.81 bits per heavy atom. The molecule has 0 amide bonds. The van der Waals surface area contributed by atoms with Gasteiger partial charge in [0, 0.05) is 32.2 Å². The number of likely N-dealkylation sites (N-methyl/N-ethyl adjacent to an activating group) is 1. The molecule has 1 saturated carbocycles. The van der Waals surface area contributed by atoms with E-state index in [0.717, 1.165) is 52.1 Å². The molecule has 124 valence electrons. The van der Waals surface area contributed by atoms with Crippen molar-refractivity contribution in [3.05, 3.63) is 0 Å². The predicted octanol–water partition coefficient (Wildman–Crippen LogP) is 2.33. The van der Waals surface area contributed by atoms with Crippen LogP contribution in [0.1, 0.15) is 32.1 Å². The lowest BCUT2D eigenvalue weighted by molar-refractivity contribution is -0.183. The molecule has 0 aromatic rings. The highest BCUT2D eigenvalue weighted by Gasteiger charge is 2.41. The van der Waals surface area contributed by atoms with Gasteiger partial charge in [0.15, 0.2) is 0 Å². The van der Waals surface area contributed by atoms with E-state index < -0.39 is 12.1 Å². The fraction of sp³-hybridized carbons (Fsp3) is 1.00. The summed E-state index contributed by atoms with van der Waals surface area (Å²) in [7, 11) is 2.14. The molecule has 1 N–H and O–H groups in total. The summed E-state index contributed by atoms with van der Waals surface area (Å²) in [4.78, 5) is 4.77. The lowest BCUT2D eigenvalue weighted by atomic mass is 9.85. The SMILES string of the molecule is CN1CCN(CCCNC2CCCC(C(F)(F)F)C2)CC1. The Hall–Kier alpha value is -0.330. The van der Waals surface area contributed by atoms with Crippen molar-refractivity contribution in [1.29, 1.82) is 0 Å². The van der Waals surface area contributed by atoms with Crippen molar-refractivity contribution >= 4 is 0 Å². The third kappa shape index (κ3) is 5.75. The van der Waals surface area contributed by atoms with E-state index in [0.29, 0.717) is 12.8 Å². The summed E-state index contributed by atoms with van der Waals surface area (Å²) < 4.78 is 38.2. The molecule has 2 unspecified atom stereocenters. The van der Waals surface area contributed by atoms with E-state index in [1.807, 2.05) is 0 Å². The van der Waals surface area contributed by atoms with Crippen molar-refractivity contribution < 1.29 is 13.2 Å². The molecular weight excluding hydrogens is 279 g/mol. The van der Waals surface area contributed by atoms with E-state index in [-0.39, 0.29) is 12.5 Å². The third-order valence-corrected chi connectivity index (χ3v) is 4.82. The van der Waals surface area contributed by atoms with Gasteiger partial charge in [-0.25, -0.2) is 0 Å². The van der Waals surface area contributed by atoms with E-state index in [2.05, 4.69) is 22.2 Å². The number of piperazine rings is 1. The highest BCUT2D eigenvalue weighted by atomic mass is 19.4. The molecule has 0 radical (unpaired) electrons. The van der Waals surface area contributed by atoms with E-state index in [1.165, 1.54) is 0 Å². The van der Waals surface area contributed by atoms with Crippen molar-refractivity contribution in [2.45, 2.75) is 44.3 Å². The van der Waals surface area contributed by atoms with Crippen LogP contribution in [0, 0.1) is 5.92 Å². The van der Waals surface area contributed by atoms with Crippen LogP contribution in [0.4, 0.5) is 13.2 Å². The molecule has 0 spiro atoms.